The van der Waals surface area contributed by atoms with Crippen LogP contribution in [0.1, 0.15) is 99.8 Å². The summed E-state index contributed by atoms with van der Waals surface area (Å²) in [7, 11) is 0. The van der Waals surface area contributed by atoms with Crippen molar-refractivity contribution >= 4 is 0 Å². The Labute approximate surface area is 208 Å². The monoisotopic (exact) mass is 452 g/mol. The first-order valence-electron chi connectivity index (χ1n) is 14.0. The summed E-state index contributed by atoms with van der Waals surface area (Å²) in [5.74, 6) is 1.76. The molecule has 0 radical (unpaired) electrons. The van der Waals surface area contributed by atoms with Crippen molar-refractivity contribution in [3.05, 3.63) is 95.1 Å². The first kappa shape index (κ1) is 24.8. The predicted octanol–water partition coefficient (Wildman–Crippen LogP) is 9.95. The molecule has 0 heterocycles. The average molecular weight is 453 g/mol. The van der Waals surface area contributed by atoms with E-state index in [0.29, 0.717) is 0 Å². The van der Waals surface area contributed by atoms with Crippen molar-refractivity contribution in [3.8, 4) is 11.1 Å². The summed E-state index contributed by atoms with van der Waals surface area (Å²) in [6.07, 6.45) is 15.9. The minimum absolute atomic E-state index is 0.773. The van der Waals surface area contributed by atoms with Crippen LogP contribution >= 0.6 is 0 Å². The van der Waals surface area contributed by atoms with Gasteiger partial charge in [0.2, 0.25) is 0 Å². The van der Waals surface area contributed by atoms with E-state index in [1.807, 2.05) is 0 Å². The number of rotatable bonds is 11. The Morgan fingerprint density at radius 3 is 1.56 bits per heavy atom. The summed E-state index contributed by atoms with van der Waals surface area (Å²) < 4.78 is 0. The molecular formula is C34H44. The van der Waals surface area contributed by atoms with Crippen molar-refractivity contribution < 1.29 is 0 Å². The van der Waals surface area contributed by atoms with E-state index in [9.17, 15) is 0 Å². The Hall–Kier alpha value is -2.34. The molecular weight excluding hydrogens is 408 g/mol. The van der Waals surface area contributed by atoms with Gasteiger partial charge in [-0.25, -0.2) is 0 Å². The Kier molecular flexibility index (Phi) is 9.43. The minimum Gasteiger partial charge on any atom is -0.0654 e. The lowest BCUT2D eigenvalue weighted by Gasteiger charge is -2.29. The second kappa shape index (κ2) is 12.9. The van der Waals surface area contributed by atoms with E-state index >= 15 is 0 Å². The maximum Gasteiger partial charge on any atom is -0.0162 e. The third kappa shape index (κ3) is 7.08. The highest BCUT2D eigenvalue weighted by atomic mass is 14.3. The van der Waals surface area contributed by atoms with Gasteiger partial charge in [-0.1, -0.05) is 119 Å². The maximum absolute atomic E-state index is 2.40. The highest BCUT2D eigenvalue weighted by molar-refractivity contribution is 5.64. The summed E-state index contributed by atoms with van der Waals surface area (Å²) in [5, 5.41) is 0. The molecule has 1 fully saturated rings. The number of aryl methyl sites for hydroxylation is 3. The van der Waals surface area contributed by atoms with Gasteiger partial charge in [-0.05, 0) is 90.2 Å². The Morgan fingerprint density at radius 2 is 1.03 bits per heavy atom. The molecule has 0 aliphatic heterocycles. The molecule has 0 saturated heterocycles. The van der Waals surface area contributed by atoms with Gasteiger partial charge in [0.15, 0.2) is 0 Å². The molecule has 0 amide bonds. The second-order valence-electron chi connectivity index (χ2n) is 10.6. The molecule has 3 aromatic carbocycles. The summed E-state index contributed by atoms with van der Waals surface area (Å²) >= 11 is 0. The standard InChI is InChI=1S/C34H44/c1-3-5-6-8-28-15-19-31(20-16-28)33-23-25-34(26-24-33)32-21-17-30(18-22-32)14-13-29-11-9-27(7-4-2)10-12-29/h9-12,17-18,21-26,28,31H,3-8,13-16,19-20H2,1-2H3. The Bertz CT molecular complexity index is 954. The lowest BCUT2D eigenvalue weighted by molar-refractivity contribution is 0.303. The number of unbranched alkanes of at least 4 members (excludes halogenated alkanes) is 2. The molecule has 3 aromatic rings. The van der Waals surface area contributed by atoms with Crippen molar-refractivity contribution in [2.75, 3.05) is 0 Å². The number of hydrogen-bond acceptors (Lipinski definition) is 0. The van der Waals surface area contributed by atoms with Gasteiger partial charge < -0.3 is 0 Å². The molecule has 1 aliphatic rings. The van der Waals surface area contributed by atoms with E-state index in [1.165, 1.54) is 92.0 Å². The van der Waals surface area contributed by atoms with Crippen molar-refractivity contribution in [2.45, 2.75) is 96.8 Å². The topological polar surface area (TPSA) is 0 Å². The molecule has 0 N–H and O–H groups in total. The molecule has 180 valence electrons. The summed E-state index contributed by atoms with van der Waals surface area (Å²) in [4.78, 5) is 0. The van der Waals surface area contributed by atoms with Gasteiger partial charge in [0, 0.05) is 0 Å². The SMILES string of the molecule is CCCCCC1CCC(c2ccc(-c3ccc(CCc4ccc(CCC)cc4)cc3)cc2)CC1. The van der Waals surface area contributed by atoms with E-state index in [4.69, 9.17) is 0 Å². The number of benzene rings is 3. The normalized spacial score (nSPS) is 18.2. The summed E-state index contributed by atoms with van der Waals surface area (Å²) in [5.41, 5.74) is 8.55. The van der Waals surface area contributed by atoms with Crippen LogP contribution in [-0.2, 0) is 19.3 Å². The van der Waals surface area contributed by atoms with Crippen LogP contribution in [-0.4, -0.2) is 0 Å². The van der Waals surface area contributed by atoms with E-state index in [-0.39, 0.29) is 0 Å². The molecule has 0 nitrogen and oxygen atoms in total. The van der Waals surface area contributed by atoms with Gasteiger partial charge in [-0.3, -0.25) is 0 Å². The van der Waals surface area contributed by atoms with Crippen molar-refractivity contribution in [2.24, 2.45) is 5.92 Å². The van der Waals surface area contributed by atoms with Gasteiger partial charge in [0.25, 0.3) is 0 Å². The van der Waals surface area contributed by atoms with E-state index in [1.54, 1.807) is 5.56 Å². The van der Waals surface area contributed by atoms with Gasteiger partial charge >= 0.3 is 0 Å². The van der Waals surface area contributed by atoms with Crippen LogP contribution in [0.2, 0.25) is 0 Å². The van der Waals surface area contributed by atoms with Crippen LogP contribution in [0.25, 0.3) is 11.1 Å². The average Bonchev–Trinajstić information content (AvgIpc) is 2.89. The van der Waals surface area contributed by atoms with Crippen LogP contribution < -0.4 is 0 Å². The highest BCUT2D eigenvalue weighted by Crippen LogP contribution is 2.38. The van der Waals surface area contributed by atoms with E-state index in [2.05, 4.69) is 86.6 Å². The van der Waals surface area contributed by atoms with Crippen LogP contribution in [0.4, 0.5) is 0 Å². The molecule has 34 heavy (non-hydrogen) atoms. The Morgan fingerprint density at radius 1 is 0.529 bits per heavy atom. The quantitative estimate of drug-likeness (QED) is 0.254. The van der Waals surface area contributed by atoms with Crippen LogP contribution in [0.3, 0.4) is 0 Å². The predicted molar refractivity (Wildman–Crippen MR) is 149 cm³/mol. The zero-order valence-corrected chi connectivity index (χ0v) is 21.6. The Balaban J connectivity index is 1.27. The zero-order valence-electron chi connectivity index (χ0n) is 21.6. The molecule has 0 unspecified atom stereocenters. The zero-order chi connectivity index (χ0) is 23.6. The van der Waals surface area contributed by atoms with Crippen molar-refractivity contribution in [1.82, 2.24) is 0 Å². The van der Waals surface area contributed by atoms with Gasteiger partial charge in [-0.15, -0.1) is 0 Å². The van der Waals surface area contributed by atoms with Gasteiger partial charge in [-0.2, -0.15) is 0 Å². The van der Waals surface area contributed by atoms with Crippen molar-refractivity contribution in [1.29, 1.82) is 0 Å². The first-order chi connectivity index (χ1) is 16.7. The molecule has 1 aliphatic carbocycles. The smallest absolute Gasteiger partial charge is 0.0162 e. The molecule has 0 heteroatoms. The minimum atomic E-state index is 0.773. The second-order valence-corrected chi connectivity index (χ2v) is 10.6. The third-order valence-corrected chi connectivity index (χ3v) is 8.00. The van der Waals surface area contributed by atoms with Crippen molar-refractivity contribution in [3.63, 3.8) is 0 Å². The largest absolute Gasteiger partial charge is 0.0654 e. The molecule has 0 bridgehead atoms. The fraction of sp³-hybridized carbons (Fsp3) is 0.471. The highest BCUT2D eigenvalue weighted by Gasteiger charge is 2.22. The van der Waals surface area contributed by atoms with Crippen LogP contribution in [0.5, 0.6) is 0 Å². The first-order valence-corrected chi connectivity index (χ1v) is 14.0. The number of hydrogen-bond donors (Lipinski definition) is 0. The molecule has 1 saturated carbocycles. The fourth-order valence-electron chi connectivity index (χ4n) is 5.73. The van der Waals surface area contributed by atoms with Crippen LogP contribution in [0, 0.1) is 5.92 Å². The lowest BCUT2D eigenvalue weighted by atomic mass is 9.77. The molecule has 0 spiro atoms. The maximum atomic E-state index is 2.40. The lowest BCUT2D eigenvalue weighted by Crippen LogP contribution is -2.13. The molecule has 0 aromatic heterocycles. The van der Waals surface area contributed by atoms with Gasteiger partial charge in [0.05, 0.1) is 0 Å². The van der Waals surface area contributed by atoms with E-state index in [0.717, 1.165) is 24.7 Å². The fourth-order valence-corrected chi connectivity index (χ4v) is 5.73. The third-order valence-electron chi connectivity index (χ3n) is 8.00. The van der Waals surface area contributed by atoms with E-state index < -0.39 is 0 Å². The summed E-state index contributed by atoms with van der Waals surface area (Å²) in [6, 6.07) is 27.9. The molecule has 4 rings (SSSR count). The van der Waals surface area contributed by atoms with Crippen LogP contribution in [0.15, 0.2) is 72.8 Å². The molecule has 0 atom stereocenters. The summed E-state index contributed by atoms with van der Waals surface area (Å²) in [6.45, 7) is 4.55. The van der Waals surface area contributed by atoms with Gasteiger partial charge in [0.1, 0.15) is 0 Å².